The fourth-order valence-electron chi connectivity index (χ4n) is 1.36. The summed E-state index contributed by atoms with van der Waals surface area (Å²) in [6, 6.07) is 0. The summed E-state index contributed by atoms with van der Waals surface area (Å²) in [5.74, 6) is -0.677. The van der Waals surface area contributed by atoms with E-state index in [-0.39, 0.29) is 5.92 Å². The standard InChI is InChI=1S/C11H17N3O2/c1-3-4-9(10(15)16)7-14-11-12-5-8(2)6-13-11/h5-6,9H,3-4,7H2,1-2H3,(H,15,16)(H,12,13,14). The van der Waals surface area contributed by atoms with Gasteiger partial charge < -0.3 is 10.4 Å². The van der Waals surface area contributed by atoms with Crippen LogP contribution >= 0.6 is 0 Å². The van der Waals surface area contributed by atoms with E-state index < -0.39 is 5.97 Å². The Morgan fingerprint density at radius 2 is 2.12 bits per heavy atom. The first kappa shape index (κ1) is 12.4. The molecule has 1 rings (SSSR count). The minimum absolute atomic E-state index is 0.367. The molecule has 0 bridgehead atoms. The van der Waals surface area contributed by atoms with E-state index in [9.17, 15) is 4.79 Å². The number of aromatic nitrogens is 2. The van der Waals surface area contributed by atoms with Gasteiger partial charge in [-0.15, -0.1) is 0 Å². The Labute approximate surface area is 94.9 Å². The normalized spacial score (nSPS) is 12.1. The molecule has 0 aliphatic heterocycles. The topological polar surface area (TPSA) is 75.1 Å². The van der Waals surface area contributed by atoms with Gasteiger partial charge in [0.1, 0.15) is 0 Å². The number of nitrogens with zero attached hydrogens (tertiary/aromatic N) is 2. The molecule has 0 aromatic carbocycles. The molecule has 0 fully saturated rings. The molecule has 16 heavy (non-hydrogen) atoms. The molecule has 0 radical (unpaired) electrons. The Hall–Kier alpha value is -1.65. The highest BCUT2D eigenvalue weighted by Gasteiger charge is 2.16. The van der Waals surface area contributed by atoms with Gasteiger partial charge in [0.25, 0.3) is 0 Å². The molecule has 88 valence electrons. The second-order valence-corrected chi connectivity index (χ2v) is 3.79. The number of nitrogens with one attached hydrogen (secondary N) is 1. The molecule has 1 atom stereocenters. The van der Waals surface area contributed by atoms with Gasteiger partial charge in [-0.05, 0) is 18.9 Å². The maximum absolute atomic E-state index is 10.9. The van der Waals surface area contributed by atoms with Crippen molar-refractivity contribution in [3.63, 3.8) is 0 Å². The van der Waals surface area contributed by atoms with Crippen molar-refractivity contribution >= 4 is 11.9 Å². The molecule has 5 nitrogen and oxygen atoms in total. The lowest BCUT2D eigenvalue weighted by Crippen LogP contribution is -2.23. The highest BCUT2D eigenvalue weighted by atomic mass is 16.4. The minimum Gasteiger partial charge on any atom is -0.481 e. The lowest BCUT2D eigenvalue weighted by molar-refractivity contribution is -0.141. The summed E-state index contributed by atoms with van der Waals surface area (Å²) >= 11 is 0. The van der Waals surface area contributed by atoms with Crippen LogP contribution in [0.1, 0.15) is 25.3 Å². The van der Waals surface area contributed by atoms with Crippen LogP contribution in [-0.4, -0.2) is 27.6 Å². The Balaban J connectivity index is 2.48. The molecule has 0 aliphatic rings. The quantitative estimate of drug-likeness (QED) is 0.767. The van der Waals surface area contributed by atoms with Gasteiger partial charge in [0, 0.05) is 18.9 Å². The molecule has 0 saturated carbocycles. The molecule has 1 aromatic rings. The summed E-state index contributed by atoms with van der Waals surface area (Å²) in [6.45, 7) is 4.24. The number of carboxylic acid groups (broad SMARTS) is 1. The molecule has 0 saturated heterocycles. The predicted molar refractivity (Wildman–Crippen MR) is 61.3 cm³/mol. The lowest BCUT2D eigenvalue weighted by atomic mass is 10.0. The van der Waals surface area contributed by atoms with Crippen molar-refractivity contribution in [2.24, 2.45) is 5.92 Å². The van der Waals surface area contributed by atoms with Crippen molar-refractivity contribution < 1.29 is 9.90 Å². The summed E-state index contributed by atoms with van der Waals surface area (Å²) in [5, 5.41) is 11.9. The smallest absolute Gasteiger partial charge is 0.308 e. The van der Waals surface area contributed by atoms with Crippen molar-refractivity contribution in [1.29, 1.82) is 0 Å². The average molecular weight is 223 g/mol. The maximum atomic E-state index is 10.9. The number of hydrogen-bond donors (Lipinski definition) is 2. The third kappa shape index (κ3) is 3.84. The van der Waals surface area contributed by atoms with Crippen LogP contribution in [0.2, 0.25) is 0 Å². The maximum Gasteiger partial charge on any atom is 0.308 e. The highest BCUT2D eigenvalue weighted by Crippen LogP contribution is 2.08. The average Bonchev–Trinajstić information content (AvgIpc) is 2.26. The van der Waals surface area contributed by atoms with E-state index in [0.29, 0.717) is 18.9 Å². The number of aliphatic carboxylic acids is 1. The molecule has 0 amide bonds. The van der Waals surface area contributed by atoms with E-state index in [4.69, 9.17) is 5.11 Å². The lowest BCUT2D eigenvalue weighted by Gasteiger charge is -2.11. The van der Waals surface area contributed by atoms with E-state index in [1.807, 2.05) is 13.8 Å². The van der Waals surface area contributed by atoms with Gasteiger partial charge in [-0.1, -0.05) is 13.3 Å². The first-order valence-electron chi connectivity index (χ1n) is 5.38. The molecule has 0 aliphatic carbocycles. The van der Waals surface area contributed by atoms with Gasteiger partial charge in [-0.3, -0.25) is 4.79 Å². The largest absolute Gasteiger partial charge is 0.481 e. The van der Waals surface area contributed by atoms with Crippen molar-refractivity contribution in [2.45, 2.75) is 26.7 Å². The zero-order valence-electron chi connectivity index (χ0n) is 9.60. The van der Waals surface area contributed by atoms with Gasteiger partial charge in [0.2, 0.25) is 5.95 Å². The van der Waals surface area contributed by atoms with Crippen LogP contribution in [0, 0.1) is 12.8 Å². The van der Waals surface area contributed by atoms with Crippen LogP contribution in [0.4, 0.5) is 5.95 Å². The van der Waals surface area contributed by atoms with E-state index in [0.717, 1.165) is 12.0 Å². The molecular formula is C11H17N3O2. The number of carbonyl (C=O) groups is 1. The van der Waals surface area contributed by atoms with Crippen LogP contribution in [0.25, 0.3) is 0 Å². The third-order valence-electron chi connectivity index (χ3n) is 2.27. The van der Waals surface area contributed by atoms with Gasteiger partial charge in [-0.25, -0.2) is 9.97 Å². The van der Waals surface area contributed by atoms with Crippen LogP contribution in [-0.2, 0) is 4.79 Å². The van der Waals surface area contributed by atoms with Crippen LogP contribution in [0.5, 0.6) is 0 Å². The monoisotopic (exact) mass is 223 g/mol. The van der Waals surface area contributed by atoms with E-state index in [1.165, 1.54) is 0 Å². The summed E-state index contributed by atoms with van der Waals surface area (Å²) in [4.78, 5) is 19.0. The number of aryl methyl sites for hydroxylation is 1. The van der Waals surface area contributed by atoms with Crippen LogP contribution in [0.3, 0.4) is 0 Å². The minimum atomic E-state index is -0.776. The number of rotatable bonds is 6. The Kier molecular flexibility index (Phi) is 4.69. The van der Waals surface area contributed by atoms with Crippen molar-refractivity contribution in [1.82, 2.24) is 9.97 Å². The van der Waals surface area contributed by atoms with E-state index >= 15 is 0 Å². The number of hydrogen-bond acceptors (Lipinski definition) is 4. The van der Waals surface area contributed by atoms with Gasteiger partial charge in [-0.2, -0.15) is 0 Å². The van der Waals surface area contributed by atoms with E-state index in [1.54, 1.807) is 12.4 Å². The van der Waals surface area contributed by atoms with Gasteiger partial charge in [0.15, 0.2) is 0 Å². The molecular weight excluding hydrogens is 206 g/mol. The third-order valence-corrected chi connectivity index (χ3v) is 2.27. The fraction of sp³-hybridized carbons (Fsp3) is 0.545. The van der Waals surface area contributed by atoms with Gasteiger partial charge >= 0.3 is 5.97 Å². The van der Waals surface area contributed by atoms with E-state index in [2.05, 4.69) is 15.3 Å². The molecule has 1 aromatic heterocycles. The SMILES string of the molecule is CCCC(CNc1ncc(C)cn1)C(=O)O. The van der Waals surface area contributed by atoms with Crippen LogP contribution < -0.4 is 5.32 Å². The summed E-state index contributed by atoms with van der Waals surface area (Å²) in [5.41, 5.74) is 0.980. The Morgan fingerprint density at radius 3 is 2.62 bits per heavy atom. The van der Waals surface area contributed by atoms with Crippen molar-refractivity contribution in [3.05, 3.63) is 18.0 Å². The fourth-order valence-corrected chi connectivity index (χ4v) is 1.36. The molecule has 5 heteroatoms. The highest BCUT2D eigenvalue weighted by molar-refractivity contribution is 5.70. The first-order valence-corrected chi connectivity index (χ1v) is 5.38. The second kappa shape index (κ2) is 6.05. The first-order chi connectivity index (χ1) is 7.63. The Morgan fingerprint density at radius 1 is 1.50 bits per heavy atom. The second-order valence-electron chi connectivity index (χ2n) is 3.79. The number of carboxylic acids is 1. The molecule has 1 unspecified atom stereocenters. The zero-order valence-corrected chi connectivity index (χ0v) is 9.60. The molecule has 0 spiro atoms. The summed E-state index contributed by atoms with van der Waals surface area (Å²) < 4.78 is 0. The predicted octanol–water partition coefficient (Wildman–Crippen LogP) is 1.70. The zero-order chi connectivity index (χ0) is 12.0. The summed E-state index contributed by atoms with van der Waals surface area (Å²) in [7, 11) is 0. The molecule has 2 N–H and O–H groups in total. The van der Waals surface area contributed by atoms with Gasteiger partial charge in [0.05, 0.1) is 5.92 Å². The van der Waals surface area contributed by atoms with Crippen molar-refractivity contribution in [2.75, 3.05) is 11.9 Å². The summed E-state index contributed by atoms with van der Waals surface area (Å²) in [6.07, 6.45) is 4.91. The Bertz CT molecular complexity index is 338. The number of anilines is 1. The van der Waals surface area contributed by atoms with Crippen molar-refractivity contribution in [3.8, 4) is 0 Å². The molecule has 1 heterocycles. The van der Waals surface area contributed by atoms with Crippen LogP contribution in [0.15, 0.2) is 12.4 Å².